The van der Waals surface area contributed by atoms with Crippen molar-refractivity contribution in [1.29, 1.82) is 0 Å². The van der Waals surface area contributed by atoms with E-state index < -0.39 is 36.8 Å². The first kappa shape index (κ1) is 9.46. The molecular weight excluding hydrogens is 178 g/mol. The lowest BCUT2D eigenvalue weighted by molar-refractivity contribution is -0.140. The highest BCUT2D eigenvalue weighted by molar-refractivity contribution is 5.90. The molecule has 0 spiro atoms. The third kappa shape index (κ3) is 4.75. The molecule has 1 unspecified atom stereocenters. The Hall–Kier alpha value is -1.63. The molecule has 0 aliphatic heterocycles. The van der Waals surface area contributed by atoms with Gasteiger partial charge in [0.25, 0.3) is 0 Å². The number of amides is 2. The Morgan fingerprint density at radius 3 is 2.38 bits per heavy atom. The van der Waals surface area contributed by atoms with Gasteiger partial charge in [-0.15, -0.1) is 0 Å². The summed E-state index contributed by atoms with van der Waals surface area (Å²) in [6.07, 6.45) is -0.631. The Labute approximate surface area is 75.5 Å². The van der Waals surface area contributed by atoms with Gasteiger partial charge in [-0.1, -0.05) is 0 Å². The fourth-order valence-electron chi connectivity index (χ4n) is 0.617. The van der Waals surface area contributed by atoms with Crippen LogP contribution in [0.2, 0.25) is 0 Å². The zero-order valence-corrected chi connectivity index (χ0v) is 6.69. The molecule has 13 heavy (non-hydrogen) atoms. The monoisotopic (exact) mass is 190 g/mol. The predicted octanol–water partition coefficient (Wildman–Crippen LogP) is -2.61. The Morgan fingerprint density at radius 2 is 2.08 bits per heavy atom. The van der Waals surface area contributed by atoms with Crippen molar-refractivity contribution in [3.63, 3.8) is 0 Å². The lowest BCUT2D eigenvalue weighted by Crippen LogP contribution is -2.47. The van der Waals surface area contributed by atoms with Crippen LogP contribution in [-0.2, 0) is 14.4 Å². The van der Waals surface area contributed by atoms with Crippen molar-refractivity contribution in [2.75, 3.05) is 6.52 Å². The maximum atomic E-state index is 10.8. The topological polar surface area (TPSA) is 136 Å². The zero-order chi connectivity index (χ0) is 11.3. The molecule has 0 aliphatic carbocycles. The third-order valence-corrected chi connectivity index (χ3v) is 1.19. The Bertz CT molecular complexity index is 255. The van der Waals surface area contributed by atoms with Crippen LogP contribution in [0.4, 0.5) is 0 Å². The first-order valence-electron chi connectivity index (χ1n) is 3.91. The van der Waals surface area contributed by atoms with Crippen LogP contribution < -0.4 is 16.8 Å². The van der Waals surface area contributed by atoms with Crippen LogP contribution >= 0.6 is 0 Å². The van der Waals surface area contributed by atoms with Crippen LogP contribution in [0, 0.1) is 0 Å². The van der Waals surface area contributed by atoms with E-state index in [2.05, 4.69) is 0 Å². The summed E-state index contributed by atoms with van der Waals surface area (Å²) in [6.45, 7) is -1.56. The molecular formula is C6H11N3O4. The van der Waals surface area contributed by atoms with E-state index in [1.54, 1.807) is 0 Å². The van der Waals surface area contributed by atoms with Crippen molar-refractivity contribution in [2.45, 2.75) is 12.5 Å². The molecule has 0 bridgehead atoms. The molecule has 0 heterocycles. The summed E-state index contributed by atoms with van der Waals surface area (Å²) in [7, 11) is 0. The second-order valence-electron chi connectivity index (χ2n) is 2.23. The molecule has 0 radical (unpaired) electrons. The molecule has 7 nitrogen and oxygen atoms in total. The number of nitrogens with two attached hydrogens (primary N) is 2. The molecule has 0 rings (SSSR count). The lowest BCUT2D eigenvalue weighted by Gasteiger charge is -2.11. The number of carboxylic acid groups (broad SMARTS) is 1. The van der Waals surface area contributed by atoms with Crippen molar-refractivity contribution in [3.05, 3.63) is 0 Å². The number of primary amides is 1. The van der Waals surface area contributed by atoms with Crippen molar-refractivity contribution >= 4 is 17.8 Å². The fraction of sp³-hybridized carbons (Fsp3) is 0.500. The van der Waals surface area contributed by atoms with Crippen LogP contribution in [0.15, 0.2) is 0 Å². The van der Waals surface area contributed by atoms with Gasteiger partial charge in [0, 0.05) is 0 Å². The van der Waals surface area contributed by atoms with Crippen molar-refractivity contribution in [1.82, 2.24) is 5.32 Å². The fourth-order valence-corrected chi connectivity index (χ4v) is 0.617. The molecule has 0 saturated carbocycles. The summed E-state index contributed by atoms with van der Waals surface area (Å²) >= 11 is 0. The number of nitrogens with one attached hydrogen (secondary N) is 1. The molecule has 0 aromatic carbocycles. The van der Waals surface area contributed by atoms with Crippen LogP contribution in [0.1, 0.15) is 7.79 Å². The number of rotatable bonds is 5. The lowest BCUT2D eigenvalue weighted by atomic mass is 10.2. The summed E-state index contributed by atoms with van der Waals surface area (Å²) in [5.74, 6) is -3.22. The van der Waals surface area contributed by atoms with Gasteiger partial charge in [-0.3, -0.25) is 14.4 Å². The molecule has 6 N–H and O–H groups in total. The molecule has 2 amide bonds. The summed E-state index contributed by atoms with van der Waals surface area (Å²) in [5.41, 5.74) is 9.68. The van der Waals surface area contributed by atoms with Gasteiger partial charge in [0.05, 0.1) is 14.3 Å². The van der Waals surface area contributed by atoms with E-state index in [4.69, 9.17) is 17.9 Å². The minimum Gasteiger partial charge on any atom is -0.481 e. The molecule has 7 heteroatoms. The normalized spacial score (nSPS) is 15.3. The molecule has 0 aliphatic rings. The van der Waals surface area contributed by atoms with Crippen LogP contribution in [0.3, 0.4) is 0 Å². The molecule has 74 valence electrons. The van der Waals surface area contributed by atoms with Crippen molar-refractivity contribution in [2.24, 2.45) is 11.5 Å². The highest BCUT2D eigenvalue weighted by Crippen LogP contribution is 1.90. The maximum Gasteiger partial charge on any atom is 0.305 e. The minimum absolute atomic E-state index is 0.631. The van der Waals surface area contributed by atoms with Crippen LogP contribution in [-0.4, -0.2) is 35.5 Å². The summed E-state index contributed by atoms with van der Waals surface area (Å²) in [5, 5.41) is 10.3. The Kier molecular flexibility index (Phi) is 3.71. The highest BCUT2D eigenvalue weighted by atomic mass is 16.4. The van der Waals surface area contributed by atoms with Crippen molar-refractivity contribution in [3.8, 4) is 0 Å². The second-order valence-corrected chi connectivity index (χ2v) is 2.23. The van der Waals surface area contributed by atoms with E-state index in [1.807, 2.05) is 5.32 Å². The first-order valence-corrected chi connectivity index (χ1v) is 3.34. The largest absolute Gasteiger partial charge is 0.481 e. The smallest absolute Gasteiger partial charge is 0.305 e. The van der Waals surface area contributed by atoms with Crippen LogP contribution in [0.5, 0.6) is 0 Å². The van der Waals surface area contributed by atoms with Gasteiger partial charge in [0.1, 0.15) is 6.04 Å². The molecule has 0 aromatic rings. The van der Waals surface area contributed by atoms with E-state index in [0.29, 0.717) is 0 Å². The molecule has 0 saturated heterocycles. The van der Waals surface area contributed by atoms with E-state index in [1.165, 1.54) is 0 Å². The number of hydrogen-bond donors (Lipinski definition) is 4. The summed E-state index contributed by atoms with van der Waals surface area (Å²) in [4.78, 5) is 31.7. The number of carbonyl (C=O) groups excluding carboxylic acids is 2. The molecule has 0 fully saturated rings. The van der Waals surface area contributed by atoms with Gasteiger partial charge in [-0.05, 0) is 0 Å². The number of carboxylic acids is 1. The van der Waals surface area contributed by atoms with Crippen molar-refractivity contribution < 1.29 is 20.9 Å². The summed E-state index contributed by atoms with van der Waals surface area (Å²) in [6, 6.07) is -1.34. The van der Waals surface area contributed by atoms with E-state index in [-0.39, 0.29) is 0 Å². The van der Waals surface area contributed by atoms with Gasteiger partial charge in [0.2, 0.25) is 11.8 Å². The van der Waals surface area contributed by atoms with Gasteiger partial charge in [-0.2, -0.15) is 0 Å². The van der Waals surface area contributed by atoms with E-state index >= 15 is 0 Å². The Balaban J connectivity index is 4.31. The number of carbonyl (C=O) groups is 3. The third-order valence-electron chi connectivity index (χ3n) is 1.19. The van der Waals surface area contributed by atoms with E-state index in [0.717, 1.165) is 0 Å². The van der Waals surface area contributed by atoms with Crippen LogP contribution in [0.25, 0.3) is 0 Å². The summed E-state index contributed by atoms with van der Waals surface area (Å²) < 4.78 is 6.77. The number of aliphatic carboxylic acids is 1. The van der Waals surface area contributed by atoms with Gasteiger partial charge in [-0.25, -0.2) is 0 Å². The van der Waals surface area contributed by atoms with E-state index in [9.17, 15) is 14.4 Å². The minimum atomic E-state index is -1.56. The maximum absolute atomic E-state index is 10.8. The number of hydrogen-bond acceptors (Lipinski definition) is 4. The Morgan fingerprint density at radius 1 is 1.54 bits per heavy atom. The average Bonchev–Trinajstić information content (AvgIpc) is 2.01. The zero-order valence-electron chi connectivity index (χ0n) is 7.69. The molecule has 2 atom stereocenters. The quantitative estimate of drug-likeness (QED) is 0.376. The predicted molar refractivity (Wildman–Crippen MR) is 42.4 cm³/mol. The van der Waals surface area contributed by atoms with Gasteiger partial charge >= 0.3 is 5.97 Å². The first-order chi connectivity index (χ1) is 6.34. The van der Waals surface area contributed by atoms with Gasteiger partial charge < -0.3 is 21.9 Å². The second kappa shape index (κ2) is 5.09. The molecule has 0 aromatic heterocycles. The highest BCUT2D eigenvalue weighted by Gasteiger charge is 2.20. The van der Waals surface area contributed by atoms with Gasteiger partial charge in [0.15, 0.2) is 0 Å². The SMILES string of the molecule is [2H]C(N)C(=O)N[C@@H](CC(=O)O)C(N)=O. The average molecular weight is 190 g/mol. The standard InChI is InChI=1S/C6H11N3O4/c7-2-4(10)9-3(6(8)13)1-5(11)12/h3H,1-2,7H2,(H2,8,13)(H,9,10)(H,11,12)/t3-/m0/s1/i2D/t2?,3-.